The van der Waals surface area contributed by atoms with E-state index in [9.17, 15) is 9.59 Å². The van der Waals surface area contributed by atoms with Crippen LogP contribution in [0.3, 0.4) is 0 Å². The van der Waals surface area contributed by atoms with Gasteiger partial charge in [-0.3, -0.25) is 14.3 Å². The van der Waals surface area contributed by atoms with Gasteiger partial charge in [0, 0.05) is 20.1 Å². The summed E-state index contributed by atoms with van der Waals surface area (Å²) in [5, 5.41) is 13.3. The van der Waals surface area contributed by atoms with Gasteiger partial charge in [-0.2, -0.15) is 5.10 Å². The predicted molar refractivity (Wildman–Crippen MR) is 73.6 cm³/mol. The van der Waals surface area contributed by atoms with E-state index in [0.29, 0.717) is 31.6 Å². The van der Waals surface area contributed by atoms with Crippen molar-refractivity contribution in [1.29, 1.82) is 0 Å². The number of aryl methyl sites for hydroxylation is 1. The summed E-state index contributed by atoms with van der Waals surface area (Å²) < 4.78 is 1.61. The zero-order valence-corrected chi connectivity index (χ0v) is 12.2. The van der Waals surface area contributed by atoms with Gasteiger partial charge < -0.3 is 10.0 Å². The highest BCUT2D eigenvalue weighted by Gasteiger charge is 2.29. The SMILES string of the molecule is CC(C)c1cc(C(=O)N2CCC(C(=O)O)CC2)n(C)n1. The average molecular weight is 279 g/mol. The van der Waals surface area contributed by atoms with Crippen LogP contribution in [0.5, 0.6) is 0 Å². The van der Waals surface area contributed by atoms with Crippen LogP contribution in [0.15, 0.2) is 6.07 Å². The van der Waals surface area contributed by atoms with Crippen molar-refractivity contribution in [3.63, 3.8) is 0 Å². The molecule has 2 heterocycles. The summed E-state index contributed by atoms with van der Waals surface area (Å²) in [5.74, 6) is -0.868. The van der Waals surface area contributed by atoms with E-state index in [0.717, 1.165) is 5.69 Å². The van der Waals surface area contributed by atoms with Gasteiger partial charge in [0.25, 0.3) is 5.91 Å². The summed E-state index contributed by atoms with van der Waals surface area (Å²) in [6.45, 7) is 5.07. The summed E-state index contributed by atoms with van der Waals surface area (Å²) in [6, 6.07) is 1.83. The number of piperidine rings is 1. The molecule has 1 aliphatic heterocycles. The third kappa shape index (κ3) is 2.84. The molecule has 110 valence electrons. The Morgan fingerprint density at radius 1 is 1.35 bits per heavy atom. The van der Waals surface area contributed by atoms with Gasteiger partial charge >= 0.3 is 5.97 Å². The van der Waals surface area contributed by atoms with E-state index in [4.69, 9.17) is 5.11 Å². The van der Waals surface area contributed by atoms with Crippen molar-refractivity contribution in [3.05, 3.63) is 17.5 Å². The maximum Gasteiger partial charge on any atom is 0.306 e. The first-order valence-electron chi connectivity index (χ1n) is 6.96. The number of carboxylic acid groups (broad SMARTS) is 1. The van der Waals surface area contributed by atoms with Crippen LogP contribution in [0.1, 0.15) is 48.8 Å². The van der Waals surface area contributed by atoms with Gasteiger partial charge in [-0.15, -0.1) is 0 Å². The van der Waals surface area contributed by atoms with Gasteiger partial charge in [-0.25, -0.2) is 0 Å². The van der Waals surface area contributed by atoms with Gasteiger partial charge in [0.15, 0.2) is 0 Å². The molecule has 0 saturated carbocycles. The molecule has 1 amide bonds. The van der Waals surface area contributed by atoms with E-state index in [1.165, 1.54) is 0 Å². The molecule has 1 aliphatic rings. The van der Waals surface area contributed by atoms with Crippen molar-refractivity contribution in [2.75, 3.05) is 13.1 Å². The predicted octanol–water partition coefficient (Wildman–Crippen LogP) is 1.48. The van der Waals surface area contributed by atoms with Crippen molar-refractivity contribution in [3.8, 4) is 0 Å². The highest BCUT2D eigenvalue weighted by molar-refractivity contribution is 5.93. The highest BCUT2D eigenvalue weighted by atomic mass is 16.4. The zero-order chi connectivity index (χ0) is 14.9. The quantitative estimate of drug-likeness (QED) is 0.909. The fourth-order valence-electron chi connectivity index (χ4n) is 2.46. The van der Waals surface area contributed by atoms with E-state index >= 15 is 0 Å². The Morgan fingerprint density at radius 2 is 1.95 bits per heavy atom. The molecule has 20 heavy (non-hydrogen) atoms. The third-order valence-electron chi connectivity index (χ3n) is 3.84. The Hall–Kier alpha value is -1.85. The Balaban J connectivity index is 2.07. The number of carbonyl (C=O) groups is 2. The molecule has 0 radical (unpaired) electrons. The lowest BCUT2D eigenvalue weighted by Gasteiger charge is -2.30. The molecule has 1 aromatic heterocycles. The fraction of sp³-hybridized carbons (Fsp3) is 0.643. The van der Waals surface area contributed by atoms with Crippen LogP contribution in [0.25, 0.3) is 0 Å². The fourth-order valence-corrected chi connectivity index (χ4v) is 2.46. The second-order valence-electron chi connectivity index (χ2n) is 5.64. The van der Waals surface area contributed by atoms with Crippen molar-refractivity contribution >= 4 is 11.9 Å². The minimum absolute atomic E-state index is 0.0595. The number of nitrogens with zero attached hydrogens (tertiary/aromatic N) is 3. The number of hydrogen-bond donors (Lipinski definition) is 1. The van der Waals surface area contributed by atoms with E-state index in [1.807, 2.05) is 19.9 Å². The molecular weight excluding hydrogens is 258 g/mol. The first-order valence-corrected chi connectivity index (χ1v) is 6.96. The second-order valence-corrected chi connectivity index (χ2v) is 5.64. The maximum atomic E-state index is 12.5. The van der Waals surface area contributed by atoms with Gasteiger partial charge in [-0.1, -0.05) is 13.8 Å². The van der Waals surface area contributed by atoms with E-state index in [2.05, 4.69) is 5.10 Å². The summed E-state index contributed by atoms with van der Waals surface area (Å²) >= 11 is 0. The molecular formula is C14H21N3O3. The molecule has 0 aliphatic carbocycles. The third-order valence-corrected chi connectivity index (χ3v) is 3.84. The van der Waals surface area contributed by atoms with Crippen molar-refractivity contribution in [2.24, 2.45) is 13.0 Å². The van der Waals surface area contributed by atoms with E-state index in [-0.39, 0.29) is 17.7 Å². The number of hydrogen-bond acceptors (Lipinski definition) is 3. The smallest absolute Gasteiger partial charge is 0.306 e. The molecule has 6 nitrogen and oxygen atoms in total. The monoisotopic (exact) mass is 279 g/mol. The van der Waals surface area contributed by atoms with E-state index in [1.54, 1.807) is 16.6 Å². The van der Waals surface area contributed by atoms with Crippen LogP contribution in [-0.2, 0) is 11.8 Å². The molecule has 1 fully saturated rings. The molecule has 0 unspecified atom stereocenters. The normalized spacial score (nSPS) is 16.7. The van der Waals surface area contributed by atoms with Crippen molar-refractivity contribution < 1.29 is 14.7 Å². The first-order chi connectivity index (χ1) is 9.40. The average Bonchev–Trinajstić information content (AvgIpc) is 2.80. The molecule has 0 aromatic carbocycles. The molecule has 1 aromatic rings. The Bertz CT molecular complexity index is 514. The number of carboxylic acids is 1. The number of aliphatic carboxylic acids is 1. The minimum atomic E-state index is -0.764. The van der Waals surface area contributed by atoms with Crippen LogP contribution in [0.2, 0.25) is 0 Å². The van der Waals surface area contributed by atoms with Gasteiger partial charge in [0.1, 0.15) is 5.69 Å². The molecule has 2 rings (SSSR count). The number of likely N-dealkylation sites (tertiary alicyclic amines) is 1. The van der Waals surface area contributed by atoms with Crippen LogP contribution in [-0.4, -0.2) is 44.8 Å². The lowest BCUT2D eigenvalue weighted by molar-refractivity contribution is -0.143. The number of amides is 1. The first kappa shape index (κ1) is 14.6. The lowest BCUT2D eigenvalue weighted by Crippen LogP contribution is -2.40. The topological polar surface area (TPSA) is 75.4 Å². The van der Waals surface area contributed by atoms with Gasteiger partial charge in [-0.05, 0) is 24.8 Å². The zero-order valence-electron chi connectivity index (χ0n) is 12.2. The van der Waals surface area contributed by atoms with Crippen LogP contribution in [0.4, 0.5) is 0 Å². The maximum absolute atomic E-state index is 12.5. The number of carbonyl (C=O) groups excluding carboxylic acids is 1. The highest BCUT2D eigenvalue weighted by Crippen LogP contribution is 2.20. The number of aromatic nitrogens is 2. The lowest BCUT2D eigenvalue weighted by atomic mass is 9.97. The molecule has 1 saturated heterocycles. The molecule has 6 heteroatoms. The van der Waals surface area contributed by atoms with Crippen LogP contribution in [0, 0.1) is 5.92 Å². The molecule has 0 spiro atoms. The van der Waals surface area contributed by atoms with Gasteiger partial charge in [0.05, 0.1) is 11.6 Å². The summed E-state index contributed by atoms with van der Waals surface area (Å²) in [4.78, 5) is 25.1. The Morgan fingerprint density at radius 3 is 2.40 bits per heavy atom. The van der Waals surface area contributed by atoms with Crippen LogP contribution >= 0.6 is 0 Å². The summed E-state index contributed by atoms with van der Waals surface area (Å²) in [5.41, 5.74) is 1.47. The van der Waals surface area contributed by atoms with Crippen LogP contribution < -0.4 is 0 Å². The minimum Gasteiger partial charge on any atom is -0.481 e. The Kier molecular flexibility index (Phi) is 4.11. The summed E-state index contributed by atoms with van der Waals surface area (Å²) in [6.07, 6.45) is 1.05. The van der Waals surface area contributed by atoms with Crippen molar-refractivity contribution in [2.45, 2.75) is 32.6 Å². The second kappa shape index (κ2) is 5.64. The number of rotatable bonds is 3. The standard InChI is InChI=1S/C14H21N3O3/c1-9(2)11-8-12(16(3)15-11)13(18)17-6-4-10(5-7-17)14(19)20/h8-10H,4-7H2,1-3H3,(H,19,20). The van der Waals surface area contributed by atoms with E-state index < -0.39 is 5.97 Å². The van der Waals surface area contributed by atoms with Gasteiger partial charge in [0.2, 0.25) is 0 Å². The molecule has 0 atom stereocenters. The Labute approximate surface area is 118 Å². The molecule has 1 N–H and O–H groups in total. The largest absolute Gasteiger partial charge is 0.481 e. The van der Waals surface area contributed by atoms with Crippen molar-refractivity contribution in [1.82, 2.24) is 14.7 Å². The molecule has 0 bridgehead atoms. The summed E-state index contributed by atoms with van der Waals surface area (Å²) in [7, 11) is 1.77.